The van der Waals surface area contributed by atoms with E-state index in [2.05, 4.69) is 15.6 Å². The quantitative estimate of drug-likeness (QED) is 0.365. The van der Waals surface area contributed by atoms with Crippen molar-refractivity contribution in [3.63, 3.8) is 0 Å². The maximum absolute atomic E-state index is 12.6. The fourth-order valence-electron chi connectivity index (χ4n) is 3.65. The molecule has 0 spiro atoms. The Morgan fingerprint density at radius 2 is 1.71 bits per heavy atom. The number of anilines is 1. The standard InChI is InChI=1S/C27H27N3O5/c1-16-5-11-22(17(2)13-16)25(31)28-14-23-18(3)34-27(30-23)19-6-8-20(9-7-19)29-26(32)24-12-10-21(35-24)15-33-4/h5-13H,14-15H2,1-4H3,(H,28,31)(H,29,32). The summed E-state index contributed by atoms with van der Waals surface area (Å²) in [7, 11) is 1.56. The highest BCUT2D eigenvalue weighted by Crippen LogP contribution is 2.24. The lowest BCUT2D eigenvalue weighted by Gasteiger charge is -2.07. The van der Waals surface area contributed by atoms with Gasteiger partial charge < -0.3 is 24.2 Å². The molecule has 8 nitrogen and oxygen atoms in total. The summed E-state index contributed by atoms with van der Waals surface area (Å²) in [5.41, 5.74) is 4.68. The first kappa shape index (κ1) is 24.0. The van der Waals surface area contributed by atoms with Gasteiger partial charge in [-0.1, -0.05) is 17.7 Å². The molecule has 35 heavy (non-hydrogen) atoms. The average molecular weight is 474 g/mol. The van der Waals surface area contributed by atoms with Gasteiger partial charge in [0.05, 0.1) is 6.54 Å². The lowest BCUT2D eigenvalue weighted by atomic mass is 10.1. The SMILES string of the molecule is COCc1ccc(C(=O)Nc2ccc(-c3nc(CNC(=O)c4ccc(C)cc4C)c(C)o3)cc2)o1. The summed E-state index contributed by atoms with van der Waals surface area (Å²) in [5, 5.41) is 5.70. The second-order valence-corrected chi connectivity index (χ2v) is 8.25. The Morgan fingerprint density at radius 3 is 2.43 bits per heavy atom. The van der Waals surface area contributed by atoms with Gasteiger partial charge in [-0.3, -0.25) is 9.59 Å². The second kappa shape index (κ2) is 10.4. The van der Waals surface area contributed by atoms with Gasteiger partial charge in [0.2, 0.25) is 5.89 Å². The minimum atomic E-state index is -0.353. The smallest absolute Gasteiger partial charge is 0.291 e. The van der Waals surface area contributed by atoms with Gasteiger partial charge in [0, 0.05) is 23.9 Å². The van der Waals surface area contributed by atoms with E-state index in [1.807, 2.05) is 39.0 Å². The topological polar surface area (TPSA) is 107 Å². The van der Waals surface area contributed by atoms with E-state index in [9.17, 15) is 9.59 Å². The molecule has 0 fully saturated rings. The van der Waals surface area contributed by atoms with E-state index in [0.29, 0.717) is 41.0 Å². The van der Waals surface area contributed by atoms with Gasteiger partial charge in [-0.2, -0.15) is 0 Å². The molecule has 4 aromatic rings. The van der Waals surface area contributed by atoms with Crippen LogP contribution in [0.5, 0.6) is 0 Å². The summed E-state index contributed by atoms with van der Waals surface area (Å²) in [4.78, 5) is 29.5. The van der Waals surface area contributed by atoms with E-state index in [1.54, 1.807) is 43.5 Å². The van der Waals surface area contributed by atoms with Crippen LogP contribution in [0.25, 0.3) is 11.5 Å². The molecule has 0 bridgehead atoms. The number of rotatable bonds is 8. The third-order valence-electron chi connectivity index (χ3n) is 5.50. The third kappa shape index (κ3) is 5.67. The minimum absolute atomic E-state index is 0.155. The zero-order valence-electron chi connectivity index (χ0n) is 20.1. The van der Waals surface area contributed by atoms with Crippen LogP contribution in [0.1, 0.15) is 49.3 Å². The second-order valence-electron chi connectivity index (χ2n) is 8.25. The molecule has 8 heteroatoms. The van der Waals surface area contributed by atoms with Crippen LogP contribution in [0.4, 0.5) is 5.69 Å². The Balaban J connectivity index is 1.39. The number of nitrogens with one attached hydrogen (secondary N) is 2. The van der Waals surface area contributed by atoms with Gasteiger partial charge in [-0.15, -0.1) is 0 Å². The molecule has 0 radical (unpaired) electrons. The molecule has 2 N–H and O–H groups in total. The highest BCUT2D eigenvalue weighted by molar-refractivity contribution is 6.02. The van der Waals surface area contributed by atoms with Crippen LogP contribution < -0.4 is 10.6 Å². The van der Waals surface area contributed by atoms with Crippen molar-refractivity contribution in [2.24, 2.45) is 0 Å². The molecule has 2 amide bonds. The highest BCUT2D eigenvalue weighted by Gasteiger charge is 2.15. The van der Waals surface area contributed by atoms with E-state index >= 15 is 0 Å². The van der Waals surface area contributed by atoms with Crippen LogP contribution in [0.2, 0.25) is 0 Å². The van der Waals surface area contributed by atoms with Crippen molar-refractivity contribution >= 4 is 17.5 Å². The van der Waals surface area contributed by atoms with Gasteiger partial charge >= 0.3 is 0 Å². The number of furan rings is 1. The Labute approximate surface area is 203 Å². The number of aryl methyl sites for hydroxylation is 3. The lowest BCUT2D eigenvalue weighted by Crippen LogP contribution is -2.24. The van der Waals surface area contributed by atoms with E-state index in [4.69, 9.17) is 13.6 Å². The van der Waals surface area contributed by atoms with Crippen LogP contribution in [0.15, 0.2) is 63.4 Å². The highest BCUT2D eigenvalue weighted by atomic mass is 16.5. The molecule has 0 unspecified atom stereocenters. The van der Waals surface area contributed by atoms with Gasteiger partial charge in [-0.05, 0) is 68.8 Å². The van der Waals surface area contributed by atoms with Gasteiger partial charge in [0.15, 0.2) is 5.76 Å². The summed E-state index contributed by atoms with van der Waals surface area (Å²) in [6.45, 7) is 6.28. The number of hydrogen-bond donors (Lipinski definition) is 2. The summed E-state index contributed by atoms with van der Waals surface area (Å²) >= 11 is 0. The normalized spacial score (nSPS) is 10.9. The third-order valence-corrected chi connectivity index (χ3v) is 5.50. The minimum Gasteiger partial charge on any atom is -0.453 e. The average Bonchev–Trinajstić information content (AvgIpc) is 3.45. The maximum atomic E-state index is 12.6. The van der Waals surface area contributed by atoms with Crippen molar-refractivity contribution in [2.45, 2.75) is 33.9 Å². The summed E-state index contributed by atoms with van der Waals surface area (Å²) < 4.78 is 16.3. The fourth-order valence-corrected chi connectivity index (χ4v) is 3.65. The number of benzene rings is 2. The molecule has 180 valence electrons. The Morgan fingerprint density at radius 1 is 0.943 bits per heavy atom. The van der Waals surface area contributed by atoms with Crippen molar-refractivity contribution in [1.82, 2.24) is 10.3 Å². The Hall–Kier alpha value is -4.17. The number of carbonyl (C=O) groups is 2. The van der Waals surface area contributed by atoms with Gasteiger partial charge in [0.25, 0.3) is 11.8 Å². The van der Waals surface area contributed by atoms with Gasteiger partial charge in [-0.25, -0.2) is 4.98 Å². The molecule has 2 aromatic carbocycles. The van der Waals surface area contributed by atoms with Crippen LogP contribution in [0.3, 0.4) is 0 Å². The predicted octanol–water partition coefficient (Wildman–Crippen LogP) is 5.19. The Kier molecular flexibility index (Phi) is 7.12. The first-order valence-electron chi connectivity index (χ1n) is 11.1. The molecule has 2 aromatic heterocycles. The lowest BCUT2D eigenvalue weighted by molar-refractivity contribution is 0.0948. The molecule has 0 saturated heterocycles. The van der Waals surface area contributed by atoms with Gasteiger partial charge in [0.1, 0.15) is 23.8 Å². The molecule has 0 atom stereocenters. The van der Waals surface area contributed by atoms with Crippen molar-refractivity contribution < 1.29 is 23.2 Å². The Bertz CT molecular complexity index is 1350. The van der Waals surface area contributed by atoms with E-state index < -0.39 is 0 Å². The number of aromatic nitrogens is 1. The molecule has 2 heterocycles. The largest absolute Gasteiger partial charge is 0.453 e. The number of ether oxygens (including phenoxy) is 1. The number of oxazole rings is 1. The molecule has 0 aliphatic heterocycles. The van der Waals surface area contributed by atoms with E-state index in [1.165, 1.54) is 0 Å². The van der Waals surface area contributed by atoms with Crippen LogP contribution in [-0.4, -0.2) is 23.9 Å². The number of hydrogen-bond acceptors (Lipinski definition) is 6. The van der Waals surface area contributed by atoms with Crippen molar-refractivity contribution in [3.05, 3.63) is 94.3 Å². The number of amides is 2. The fraction of sp³-hybridized carbons (Fsp3) is 0.222. The maximum Gasteiger partial charge on any atom is 0.291 e. The zero-order valence-corrected chi connectivity index (χ0v) is 20.1. The molecular formula is C27H27N3O5. The first-order valence-corrected chi connectivity index (χ1v) is 11.1. The van der Waals surface area contributed by atoms with E-state index in [0.717, 1.165) is 16.7 Å². The molecular weight excluding hydrogens is 446 g/mol. The monoisotopic (exact) mass is 473 g/mol. The molecule has 0 saturated carbocycles. The molecule has 0 aliphatic rings. The van der Waals surface area contributed by atoms with Crippen LogP contribution in [0, 0.1) is 20.8 Å². The van der Waals surface area contributed by atoms with Crippen molar-refractivity contribution in [1.29, 1.82) is 0 Å². The zero-order chi connectivity index (χ0) is 24.9. The van der Waals surface area contributed by atoms with Crippen molar-refractivity contribution in [3.8, 4) is 11.5 Å². The predicted molar refractivity (Wildman–Crippen MR) is 131 cm³/mol. The molecule has 4 rings (SSSR count). The first-order chi connectivity index (χ1) is 16.8. The summed E-state index contributed by atoms with van der Waals surface area (Å²) in [6, 6.07) is 16.2. The van der Waals surface area contributed by atoms with Crippen LogP contribution in [-0.2, 0) is 17.9 Å². The number of carbonyl (C=O) groups excluding carboxylic acids is 2. The molecule has 0 aliphatic carbocycles. The number of nitrogens with zero attached hydrogens (tertiary/aromatic N) is 1. The summed E-state index contributed by atoms with van der Waals surface area (Å²) in [5.74, 6) is 1.34. The summed E-state index contributed by atoms with van der Waals surface area (Å²) in [6.07, 6.45) is 0. The van der Waals surface area contributed by atoms with Crippen molar-refractivity contribution in [2.75, 3.05) is 12.4 Å². The van der Waals surface area contributed by atoms with Crippen LogP contribution >= 0.6 is 0 Å². The number of methoxy groups -OCH3 is 1. The van der Waals surface area contributed by atoms with E-state index in [-0.39, 0.29) is 24.1 Å².